The minimum atomic E-state index is -0.941. The third-order valence-corrected chi connectivity index (χ3v) is 10.4. The molecule has 34 heavy (non-hydrogen) atoms. The van der Waals surface area contributed by atoms with E-state index in [0.29, 0.717) is 37.4 Å². The Bertz CT molecular complexity index is 1120. The molecule has 0 radical (unpaired) electrons. The van der Waals surface area contributed by atoms with Crippen molar-refractivity contribution in [2.24, 2.45) is 28.6 Å². The summed E-state index contributed by atoms with van der Waals surface area (Å²) in [4.78, 5) is 12.4. The van der Waals surface area contributed by atoms with Crippen molar-refractivity contribution in [1.82, 2.24) is 0 Å². The molecule has 1 heterocycles. The third kappa shape index (κ3) is 2.99. The van der Waals surface area contributed by atoms with Crippen LogP contribution in [0.1, 0.15) is 77.2 Å². The molecule has 4 aliphatic carbocycles. The minimum Gasteiger partial charge on any atom is -0.486 e. The molecule has 6 rings (SSSR count). The lowest BCUT2D eigenvalue weighted by Crippen LogP contribution is -2.57. The summed E-state index contributed by atoms with van der Waals surface area (Å²) in [6.07, 6.45) is 8.34. The van der Waals surface area contributed by atoms with Gasteiger partial charge in [0.25, 0.3) is 0 Å². The SMILES string of the molecule is CC#C[C@]1(O)CC[C@H]2[C@@H]3CCC4=CC(=O)CC[C@]4(C)[C@H]3[C@@H](c3ccc4c(c3)OCCO4)C[C@@]21C. The molecule has 4 heteroatoms. The summed E-state index contributed by atoms with van der Waals surface area (Å²) in [7, 11) is 0. The van der Waals surface area contributed by atoms with Crippen LogP contribution in [0.4, 0.5) is 0 Å². The lowest BCUT2D eigenvalue weighted by Gasteiger charge is -2.61. The Hall–Kier alpha value is -2.25. The number of hydrogen-bond donors (Lipinski definition) is 1. The van der Waals surface area contributed by atoms with Crippen molar-refractivity contribution in [2.75, 3.05) is 13.2 Å². The summed E-state index contributed by atoms with van der Waals surface area (Å²) >= 11 is 0. The minimum absolute atomic E-state index is 0.0211. The van der Waals surface area contributed by atoms with Gasteiger partial charge in [-0.05, 0) is 98.3 Å². The second-order valence-corrected chi connectivity index (χ2v) is 11.8. The van der Waals surface area contributed by atoms with Crippen molar-refractivity contribution >= 4 is 5.78 Å². The topological polar surface area (TPSA) is 55.8 Å². The molecule has 3 fully saturated rings. The number of carbonyl (C=O) groups excluding carboxylic acids is 1. The monoisotopic (exact) mass is 460 g/mol. The molecule has 0 saturated heterocycles. The summed E-state index contributed by atoms with van der Waals surface area (Å²) in [6, 6.07) is 6.47. The number of fused-ring (bicyclic) bond motifs is 6. The Kier molecular flexibility index (Phi) is 4.98. The number of allylic oxidation sites excluding steroid dienone is 1. The van der Waals surface area contributed by atoms with Crippen LogP contribution in [-0.2, 0) is 4.79 Å². The Morgan fingerprint density at radius 2 is 1.85 bits per heavy atom. The van der Waals surface area contributed by atoms with Crippen LogP contribution in [0.3, 0.4) is 0 Å². The average Bonchev–Trinajstić information content (AvgIpc) is 3.09. The van der Waals surface area contributed by atoms with Crippen LogP contribution in [0.2, 0.25) is 0 Å². The van der Waals surface area contributed by atoms with E-state index in [1.54, 1.807) is 0 Å². The molecule has 5 aliphatic rings. The van der Waals surface area contributed by atoms with Gasteiger partial charge in [-0.1, -0.05) is 31.4 Å². The zero-order valence-corrected chi connectivity index (χ0v) is 20.7. The Morgan fingerprint density at radius 1 is 1.06 bits per heavy atom. The molecule has 3 saturated carbocycles. The van der Waals surface area contributed by atoms with E-state index in [-0.39, 0.29) is 22.5 Å². The van der Waals surface area contributed by atoms with E-state index < -0.39 is 5.60 Å². The Labute approximate surface area is 203 Å². The van der Waals surface area contributed by atoms with Gasteiger partial charge >= 0.3 is 0 Å². The molecule has 180 valence electrons. The standard InChI is InChI=1S/C30H36O4/c1-4-11-30(32)13-10-24-22-7-6-20-17-21(31)9-12-28(20,2)27(22)23(18-29(24,30)3)19-5-8-25-26(16-19)34-15-14-33-25/h5,8,16-17,22-24,27,32H,6-7,9-10,12-15,18H2,1-3H3/t22-,23+,24-,27+,28-,29-,30-/m0/s1. The normalized spacial score (nSPS) is 42.5. The van der Waals surface area contributed by atoms with Gasteiger partial charge in [0, 0.05) is 11.8 Å². The number of benzene rings is 1. The van der Waals surface area contributed by atoms with Gasteiger partial charge in [0.2, 0.25) is 0 Å². The lowest BCUT2D eigenvalue weighted by molar-refractivity contribution is -0.122. The molecule has 1 aliphatic heterocycles. The molecule has 0 amide bonds. The number of ether oxygens (including phenoxy) is 2. The zero-order valence-electron chi connectivity index (χ0n) is 20.7. The van der Waals surface area contributed by atoms with Crippen LogP contribution in [0, 0.1) is 40.4 Å². The fourth-order valence-corrected chi connectivity index (χ4v) is 8.78. The maximum absolute atomic E-state index is 12.4. The quantitative estimate of drug-likeness (QED) is 0.567. The highest BCUT2D eigenvalue weighted by molar-refractivity contribution is 5.91. The highest BCUT2D eigenvalue weighted by atomic mass is 16.6. The van der Waals surface area contributed by atoms with Crippen LogP contribution < -0.4 is 9.47 Å². The summed E-state index contributed by atoms with van der Waals surface area (Å²) in [5.41, 5.74) is 1.46. The van der Waals surface area contributed by atoms with Gasteiger partial charge in [-0.3, -0.25) is 4.79 Å². The van der Waals surface area contributed by atoms with E-state index in [1.807, 2.05) is 13.0 Å². The Balaban J connectivity index is 1.50. The van der Waals surface area contributed by atoms with Crippen molar-refractivity contribution in [3.63, 3.8) is 0 Å². The van der Waals surface area contributed by atoms with Crippen LogP contribution in [0.5, 0.6) is 11.5 Å². The van der Waals surface area contributed by atoms with E-state index in [0.717, 1.165) is 50.0 Å². The summed E-state index contributed by atoms with van der Waals surface area (Å²) in [5, 5.41) is 11.8. The molecule has 0 spiro atoms. The van der Waals surface area contributed by atoms with E-state index in [4.69, 9.17) is 9.47 Å². The molecule has 1 aromatic carbocycles. The molecule has 4 nitrogen and oxygen atoms in total. The first-order valence-electron chi connectivity index (χ1n) is 13.1. The number of carbonyl (C=O) groups is 1. The van der Waals surface area contributed by atoms with Crippen molar-refractivity contribution in [2.45, 2.75) is 77.2 Å². The molecular formula is C30H36O4. The van der Waals surface area contributed by atoms with Gasteiger partial charge in [-0.15, -0.1) is 5.92 Å². The number of hydrogen-bond acceptors (Lipinski definition) is 4. The van der Waals surface area contributed by atoms with Gasteiger partial charge in [0.15, 0.2) is 17.3 Å². The average molecular weight is 461 g/mol. The highest BCUT2D eigenvalue weighted by Gasteiger charge is 2.66. The van der Waals surface area contributed by atoms with Crippen LogP contribution >= 0.6 is 0 Å². The van der Waals surface area contributed by atoms with E-state index in [1.165, 1.54) is 11.1 Å². The zero-order chi connectivity index (χ0) is 23.7. The molecule has 0 bridgehead atoms. The lowest BCUT2D eigenvalue weighted by atomic mass is 9.43. The maximum atomic E-state index is 12.4. The van der Waals surface area contributed by atoms with Gasteiger partial charge in [-0.2, -0.15) is 0 Å². The van der Waals surface area contributed by atoms with Gasteiger partial charge < -0.3 is 14.6 Å². The van der Waals surface area contributed by atoms with E-state index in [9.17, 15) is 9.90 Å². The first-order valence-corrected chi connectivity index (χ1v) is 13.1. The fourth-order valence-electron chi connectivity index (χ4n) is 8.78. The van der Waals surface area contributed by atoms with E-state index in [2.05, 4.69) is 43.9 Å². The first-order chi connectivity index (χ1) is 16.3. The van der Waals surface area contributed by atoms with Gasteiger partial charge in [0.05, 0.1) is 0 Å². The first kappa shape index (κ1) is 22.2. The summed E-state index contributed by atoms with van der Waals surface area (Å²) < 4.78 is 11.8. The third-order valence-electron chi connectivity index (χ3n) is 10.4. The highest BCUT2D eigenvalue weighted by Crippen LogP contribution is 2.70. The molecule has 1 N–H and O–H groups in total. The Morgan fingerprint density at radius 3 is 2.65 bits per heavy atom. The second-order valence-electron chi connectivity index (χ2n) is 11.8. The maximum Gasteiger partial charge on any atom is 0.161 e. The predicted octanol–water partition coefficient (Wildman–Crippen LogP) is 5.44. The number of aliphatic hydroxyl groups is 1. The van der Waals surface area contributed by atoms with Crippen molar-refractivity contribution < 1.29 is 19.4 Å². The number of rotatable bonds is 1. The number of ketones is 1. The van der Waals surface area contributed by atoms with Crippen LogP contribution in [-0.4, -0.2) is 29.7 Å². The summed E-state index contributed by atoms with van der Waals surface area (Å²) in [6.45, 7) is 7.72. The van der Waals surface area contributed by atoms with Gasteiger partial charge in [0.1, 0.15) is 18.8 Å². The van der Waals surface area contributed by atoms with E-state index >= 15 is 0 Å². The van der Waals surface area contributed by atoms with Crippen LogP contribution in [0.25, 0.3) is 0 Å². The molecule has 0 unspecified atom stereocenters. The van der Waals surface area contributed by atoms with Gasteiger partial charge in [-0.25, -0.2) is 0 Å². The van der Waals surface area contributed by atoms with Crippen molar-refractivity contribution in [3.8, 4) is 23.3 Å². The summed E-state index contributed by atoms with van der Waals surface area (Å²) in [5.74, 6) is 9.92. The predicted molar refractivity (Wildman–Crippen MR) is 131 cm³/mol. The van der Waals surface area contributed by atoms with Crippen molar-refractivity contribution in [3.05, 3.63) is 35.4 Å². The fraction of sp³-hybridized carbons (Fsp3) is 0.633. The second kappa shape index (κ2) is 7.62. The smallest absolute Gasteiger partial charge is 0.161 e. The largest absolute Gasteiger partial charge is 0.486 e. The molecular weight excluding hydrogens is 424 g/mol. The molecule has 1 aromatic rings. The molecule has 0 aromatic heterocycles. The van der Waals surface area contributed by atoms with Crippen molar-refractivity contribution in [1.29, 1.82) is 0 Å². The van der Waals surface area contributed by atoms with Crippen LogP contribution in [0.15, 0.2) is 29.8 Å². The molecule has 7 atom stereocenters.